The molecule has 0 saturated carbocycles. The number of aliphatic imine (C=N–C) groups is 1. The Bertz CT molecular complexity index is 879. The van der Waals surface area contributed by atoms with Crippen LogP contribution in [-0.4, -0.2) is 24.8 Å². The minimum absolute atomic E-state index is 0.207. The number of hydrogen-bond donors (Lipinski definition) is 1. The van der Waals surface area contributed by atoms with Crippen molar-refractivity contribution < 1.29 is 14.3 Å². The molecule has 1 fully saturated rings. The SMILES string of the molecule is CCOc1ccc(N=C2NC(=O)/C(=C\c3cc(Cl)ccc3OC)S2)cc1. The Labute approximate surface area is 161 Å². The van der Waals surface area contributed by atoms with E-state index in [1.807, 2.05) is 31.2 Å². The van der Waals surface area contributed by atoms with Crippen LogP contribution in [-0.2, 0) is 4.79 Å². The first-order valence-corrected chi connectivity index (χ1v) is 9.14. The maximum Gasteiger partial charge on any atom is 0.264 e. The van der Waals surface area contributed by atoms with Crippen LogP contribution in [0.2, 0.25) is 5.02 Å². The number of carbonyl (C=O) groups excluding carboxylic acids is 1. The first-order valence-electron chi connectivity index (χ1n) is 7.95. The van der Waals surface area contributed by atoms with Crippen LogP contribution >= 0.6 is 23.4 Å². The molecule has 5 nitrogen and oxygen atoms in total. The van der Waals surface area contributed by atoms with E-state index in [-0.39, 0.29) is 5.91 Å². The lowest BCUT2D eigenvalue weighted by molar-refractivity contribution is -0.115. The van der Waals surface area contributed by atoms with Gasteiger partial charge in [-0.05, 0) is 67.2 Å². The van der Waals surface area contributed by atoms with Gasteiger partial charge in [-0.15, -0.1) is 0 Å². The zero-order valence-electron chi connectivity index (χ0n) is 14.3. The third-order valence-corrected chi connectivity index (χ3v) is 4.65. The highest BCUT2D eigenvalue weighted by atomic mass is 35.5. The summed E-state index contributed by atoms with van der Waals surface area (Å²) in [6, 6.07) is 12.6. The lowest BCUT2D eigenvalue weighted by Crippen LogP contribution is -2.19. The van der Waals surface area contributed by atoms with Crippen molar-refractivity contribution in [2.75, 3.05) is 13.7 Å². The summed E-state index contributed by atoms with van der Waals surface area (Å²) in [6.45, 7) is 2.54. The molecule has 1 aliphatic rings. The van der Waals surface area contributed by atoms with Crippen LogP contribution in [0.25, 0.3) is 6.08 Å². The average Bonchev–Trinajstić information content (AvgIpc) is 2.96. The summed E-state index contributed by atoms with van der Waals surface area (Å²) in [4.78, 5) is 17.2. The minimum Gasteiger partial charge on any atom is -0.496 e. The van der Waals surface area contributed by atoms with E-state index in [9.17, 15) is 4.79 Å². The van der Waals surface area contributed by atoms with Crippen molar-refractivity contribution in [3.63, 3.8) is 0 Å². The van der Waals surface area contributed by atoms with Gasteiger partial charge in [0.25, 0.3) is 5.91 Å². The van der Waals surface area contributed by atoms with Crippen LogP contribution in [0.15, 0.2) is 52.4 Å². The number of thioether (sulfide) groups is 1. The summed E-state index contributed by atoms with van der Waals surface area (Å²) < 4.78 is 10.7. The molecule has 2 aromatic carbocycles. The Hall–Kier alpha value is -2.44. The molecular formula is C19H17ClN2O3S. The summed E-state index contributed by atoms with van der Waals surface area (Å²) in [5.74, 6) is 1.22. The molecule has 0 aromatic heterocycles. The van der Waals surface area contributed by atoms with Crippen LogP contribution in [0, 0.1) is 0 Å². The zero-order valence-corrected chi connectivity index (χ0v) is 15.9. The molecule has 1 amide bonds. The van der Waals surface area contributed by atoms with E-state index in [1.165, 1.54) is 11.8 Å². The van der Waals surface area contributed by atoms with Gasteiger partial charge in [-0.2, -0.15) is 0 Å². The van der Waals surface area contributed by atoms with E-state index in [0.717, 1.165) is 17.0 Å². The summed E-state index contributed by atoms with van der Waals surface area (Å²) in [7, 11) is 1.58. The molecule has 1 N–H and O–H groups in total. The normalized spacial score (nSPS) is 16.8. The number of hydrogen-bond acceptors (Lipinski definition) is 5. The number of benzene rings is 2. The Morgan fingerprint density at radius 2 is 2.00 bits per heavy atom. The average molecular weight is 389 g/mol. The van der Waals surface area contributed by atoms with Crippen LogP contribution < -0.4 is 14.8 Å². The van der Waals surface area contributed by atoms with Crippen LogP contribution in [0.5, 0.6) is 11.5 Å². The second kappa shape index (κ2) is 8.29. The van der Waals surface area contributed by atoms with E-state index >= 15 is 0 Å². The fraction of sp³-hybridized carbons (Fsp3) is 0.158. The molecule has 1 aliphatic heterocycles. The second-order valence-electron chi connectivity index (χ2n) is 5.29. The smallest absolute Gasteiger partial charge is 0.264 e. The van der Waals surface area contributed by atoms with Gasteiger partial charge in [0.05, 0.1) is 24.3 Å². The van der Waals surface area contributed by atoms with E-state index in [1.54, 1.807) is 31.4 Å². The van der Waals surface area contributed by atoms with Crippen molar-refractivity contribution >= 4 is 46.2 Å². The highest BCUT2D eigenvalue weighted by Gasteiger charge is 2.24. The van der Waals surface area contributed by atoms with Crippen molar-refractivity contribution in [2.24, 2.45) is 4.99 Å². The van der Waals surface area contributed by atoms with Gasteiger partial charge in [0.1, 0.15) is 11.5 Å². The van der Waals surface area contributed by atoms with Crippen LogP contribution in [0.3, 0.4) is 0 Å². The van der Waals surface area contributed by atoms with E-state index in [2.05, 4.69) is 10.3 Å². The second-order valence-corrected chi connectivity index (χ2v) is 6.76. The monoisotopic (exact) mass is 388 g/mol. The first-order chi connectivity index (χ1) is 12.6. The predicted molar refractivity (Wildman–Crippen MR) is 106 cm³/mol. The maximum atomic E-state index is 12.2. The van der Waals surface area contributed by atoms with Gasteiger partial charge >= 0.3 is 0 Å². The molecule has 1 heterocycles. The minimum atomic E-state index is -0.207. The first kappa shape index (κ1) is 18.4. The third-order valence-electron chi connectivity index (χ3n) is 3.51. The topological polar surface area (TPSA) is 59.9 Å². The zero-order chi connectivity index (χ0) is 18.5. The molecule has 0 aliphatic carbocycles. The van der Waals surface area contributed by atoms with E-state index in [0.29, 0.717) is 27.5 Å². The molecule has 2 aromatic rings. The van der Waals surface area contributed by atoms with Gasteiger partial charge in [-0.25, -0.2) is 4.99 Å². The quantitative estimate of drug-likeness (QED) is 0.758. The largest absolute Gasteiger partial charge is 0.496 e. The van der Waals surface area contributed by atoms with Gasteiger partial charge in [0.2, 0.25) is 0 Å². The van der Waals surface area contributed by atoms with Crippen molar-refractivity contribution in [1.29, 1.82) is 0 Å². The van der Waals surface area contributed by atoms with Crippen molar-refractivity contribution in [3.05, 3.63) is 58.0 Å². The van der Waals surface area contributed by atoms with Crippen molar-refractivity contribution in [1.82, 2.24) is 5.32 Å². The van der Waals surface area contributed by atoms with Gasteiger partial charge in [0, 0.05) is 10.6 Å². The maximum absolute atomic E-state index is 12.2. The Morgan fingerprint density at radius 1 is 1.23 bits per heavy atom. The van der Waals surface area contributed by atoms with E-state index in [4.69, 9.17) is 21.1 Å². The molecule has 0 bridgehead atoms. The molecule has 26 heavy (non-hydrogen) atoms. The Kier molecular flexibility index (Phi) is 5.85. The van der Waals surface area contributed by atoms with Crippen molar-refractivity contribution in [3.8, 4) is 11.5 Å². The highest BCUT2D eigenvalue weighted by molar-refractivity contribution is 8.18. The fourth-order valence-corrected chi connectivity index (χ4v) is 3.35. The lowest BCUT2D eigenvalue weighted by Gasteiger charge is -2.05. The van der Waals surface area contributed by atoms with Gasteiger partial charge in [0.15, 0.2) is 5.17 Å². The summed E-state index contributed by atoms with van der Waals surface area (Å²) in [5.41, 5.74) is 1.47. The lowest BCUT2D eigenvalue weighted by atomic mass is 10.2. The molecule has 0 spiro atoms. The molecular weight excluding hydrogens is 372 g/mol. The van der Waals surface area contributed by atoms with E-state index < -0.39 is 0 Å². The van der Waals surface area contributed by atoms with Crippen LogP contribution in [0.4, 0.5) is 5.69 Å². The molecule has 3 rings (SSSR count). The fourth-order valence-electron chi connectivity index (χ4n) is 2.34. The Morgan fingerprint density at radius 3 is 2.69 bits per heavy atom. The van der Waals surface area contributed by atoms with Gasteiger partial charge in [-0.1, -0.05) is 11.6 Å². The van der Waals surface area contributed by atoms with Crippen LogP contribution in [0.1, 0.15) is 12.5 Å². The number of amidine groups is 1. The highest BCUT2D eigenvalue weighted by Crippen LogP contribution is 2.32. The summed E-state index contributed by atoms with van der Waals surface area (Å²) in [6.07, 6.45) is 1.74. The van der Waals surface area contributed by atoms with Gasteiger partial charge in [-0.3, -0.25) is 4.79 Å². The van der Waals surface area contributed by atoms with Crippen molar-refractivity contribution in [2.45, 2.75) is 6.92 Å². The molecule has 1 saturated heterocycles. The number of rotatable bonds is 5. The van der Waals surface area contributed by atoms with Gasteiger partial charge < -0.3 is 14.8 Å². The number of nitrogens with zero attached hydrogens (tertiary/aromatic N) is 1. The third kappa shape index (κ3) is 4.39. The standard InChI is InChI=1S/C19H17ClN2O3S/c1-3-25-15-7-5-14(6-8-15)21-19-22-18(23)17(26-19)11-12-10-13(20)4-9-16(12)24-2/h4-11H,3H2,1-2H3,(H,21,22,23)/b17-11+. The molecule has 0 radical (unpaired) electrons. The number of ether oxygens (including phenoxy) is 2. The number of amides is 1. The number of methoxy groups -OCH3 is 1. The summed E-state index contributed by atoms with van der Waals surface area (Å²) >= 11 is 7.31. The number of nitrogens with one attached hydrogen (secondary N) is 1. The Balaban J connectivity index is 1.81. The molecule has 0 unspecified atom stereocenters. The summed E-state index contributed by atoms with van der Waals surface area (Å²) in [5, 5.41) is 3.86. The predicted octanol–water partition coefficient (Wildman–Crippen LogP) is 4.64. The number of halogens is 1. The molecule has 0 atom stereocenters. The molecule has 134 valence electrons. The number of carbonyl (C=O) groups is 1. The molecule has 7 heteroatoms.